The Morgan fingerprint density at radius 1 is 0.788 bits per heavy atom. The lowest BCUT2D eigenvalue weighted by Gasteiger charge is -2.51. The van der Waals surface area contributed by atoms with Gasteiger partial charge < -0.3 is 121 Å². The van der Waals surface area contributed by atoms with E-state index in [4.69, 9.17) is 33.2 Å². The summed E-state index contributed by atoms with van der Waals surface area (Å²) in [6.45, 7) is -1.34. The molecule has 3 amide bonds. The van der Waals surface area contributed by atoms with Gasteiger partial charge in [0.15, 0.2) is 6.29 Å². The standard InChI is InChI=1S/C37H63N3O26/c1-13-23(39-15(3)46)30(28(54)22(61-13)12-60-36(5-6-41,34(56)57)64-20(8-38-14(2)45)25(51)18(49)9-42)63-33-29(55)32(27(53)21(11-44)62-33)66-37(35(58)59)7-17(48)24(40-16(4)47)31(65-37)26(52)19(50)10-43/h13,17-33,41-44,48-55H,5-12H2,1-4H3,(H,38,45)(H,39,46)(H,40,47)(H,56,57)(H,58,59)/t13-,17?,18?,19-,20?,21?,22?,23?,24-,25-,26-,27?,28?,29?,30-,31?,32+,33+,36?,37?/m1/s1. The van der Waals surface area contributed by atoms with Gasteiger partial charge in [0.25, 0.3) is 11.6 Å². The van der Waals surface area contributed by atoms with E-state index in [9.17, 15) is 95.5 Å². The summed E-state index contributed by atoms with van der Waals surface area (Å²) in [5, 5.41) is 154. The van der Waals surface area contributed by atoms with Gasteiger partial charge in [-0.05, 0) is 6.92 Å². The number of aliphatic carboxylic acids is 2. The monoisotopic (exact) mass is 965 g/mol. The molecule has 17 N–H and O–H groups in total. The molecular weight excluding hydrogens is 902 g/mol. The summed E-state index contributed by atoms with van der Waals surface area (Å²) in [7, 11) is 0. The highest BCUT2D eigenvalue weighted by atomic mass is 16.8. The number of carbonyl (C=O) groups is 5. The van der Waals surface area contributed by atoms with E-state index in [0.29, 0.717) is 0 Å². The van der Waals surface area contributed by atoms with Crippen molar-refractivity contribution < 1.29 is 129 Å². The number of rotatable bonds is 24. The first-order valence-corrected chi connectivity index (χ1v) is 20.6. The van der Waals surface area contributed by atoms with E-state index in [0.717, 1.165) is 20.8 Å². The summed E-state index contributed by atoms with van der Waals surface area (Å²) < 4.78 is 40.0. The highest BCUT2D eigenvalue weighted by molar-refractivity contribution is 5.77. The van der Waals surface area contributed by atoms with Crippen LogP contribution in [-0.2, 0) is 57.1 Å². The van der Waals surface area contributed by atoms with Crippen molar-refractivity contribution in [3.05, 3.63) is 0 Å². The zero-order valence-corrected chi connectivity index (χ0v) is 36.2. The van der Waals surface area contributed by atoms with Gasteiger partial charge in [0.2, 0.25) is 17.7 Å². The van der Waals surface area contributed by atoms with Gasteiger partial charge in [0, 0.05) is 46.8 Å². The van der Waals surface area contributed by atoms with Crippen LogP contribution in [0.15, 0.2) is 0 Å². The summed E-state index contributed by atoms with van der Waals surface area (Å²) in [4.78, 5) is 61.8. The van der Waals surface area contributed by atoms with Gasteiger partial charge in [-0.2, -0.15) is 0 Å². The summed E-state index contributed by atoms with van der Waals surface area (Å²) in [5.74, 6) is -12.3. The highest BCUT2D eigenvalue weighted by Gasteiger charge is 2.60. The van der Waals surface area contributed by atoms with Crippen molar-refractivity contribution in [3.8, 4) is 0 Å². The van der Waals surface area contributed by atoms with Crippen LogP contribution in [0, 0.1) is 0 Å². The van der Waals surface area contributed by atoms with Gasteiger partial charge in [-0.3, -0.25) is 14.4 Å². The predicted octanol–water partition coefficient (Wildman–Crippen LogP) is -9.59. The van der Waals surface area contributed by atoms with Crippen LogP contribution in [0.3, 0.4) is 0 Å². The molecule has 0 bridgehead atoms. The molecule has 29 nitrogen and oxygen atoms in total. The van der Waals surface area contributed by atoms with Gasteiger partial charge in [-0.25, -0.2) is 9.59 Å². The van der Waals surface area contributed by atoms with Crippen LogP contribution in [0.2, 0.25) is 0 Å². The number of hydrogen-bond donors (Lipinski definition) is 17. The summed E-state index contributed by atoms with van der Waals surface area (Å²) in [6.07, 6.45) is -33.5. The van der Waals surface area contributed by atoms with E-state index < -0.39 is 204 Å². The molecule has 3 aliphatic rings. The van der Waals surface area contributed by atoms with Crippen LogP contribution in [-0.4, -0.2) is 262 Å². The molecule has 3 rings (SSSR count). The first-order chi connectivity index (χ1) is 30.8. The molecule has 3 fully saturated rings. The average molecular weight is 966 g/mol. The van der Waals surface area contributed by atoms with E-state index in [2.05, 4.69) is 16.0 Å². The van der Waals surface area contributed by atoms with Crippen LogP contribution in [0.4, 0.5) is 0 Å². The van der Waals surface area contributed by atoms with Crippen LogP contribution < -0.4 is 16.0 Å². The fourth-order valence-electron chi connectivity index (χ4n) is 7.62. The maximum absolute atomic E-state index is 12.9. The fraction of sp³-hybridized carbons (Fsp3) is 0.865. The minimum Gasteiger partial charge on any atom is -0.477 e. The molecule has 0 spiro atoms. The third kappa shape index (κ3) is 13.6. The van der Waals surface area contributed by atoms with Gasteiger partial charge in [-0.1, -0.05) is 0 Å². The Kier molecular flexibility index (Phi) is 21.3. The molecule has 0 aliphatic carbocycles. The third-order valence-corrected chi connectivity index (χ3v) is 11.1. The minimum absolute atomic E-state index is 0.656. The molecule has 20 atom stereocenters. The van der Waals surface area contributed by atoms with Gasteiger partial charge in [0.05, 0.1) is 50.7 Å². The quantitative estimate of drug-likeness (QED) is 0.0399. The number of nitrogens with one attached hydrogen (secondary N) is 3. The Morgan fingerprint density at radius 2 is 1.38 bits per heavy atom. The molecule has 382 valence electrons. The van der Waals surface area contributed by atoms with Crippen molar-refractivity contribution in [1.82, 2.24) is 16.0 Å². The van der Waals surface area contributed by atoms with Crippen molar-refractivity contribution in [3.63, 3.8) is 0 Å². The number of ether oxygens (including phenoxy) is 7. The van der Waals surface area contributed by atoms with E-state index in [1.165, 1.54) is 6.92 Å². The lowest BCUT2D eigenvalue weighted by molar-refractivity contribution is -0.378. The second kappa shape index (κ2) is 24.7. The van der Waals surface area contributed by atoms with E-state index in [1.54, 1.807) is 0 Å². The molecule has 12 unspecified atom stereocenters. The third-order valence-electron chi connectivity index (χ3n) is 11.1. The molecule has 66 heavy (non-hydrogen) atoms. The Labute approximate surface area is 375 Å². The second-order valence-corrected chi connectivity index (χ2v) is 16.0. The largest absolute Gasteiger partial charge is 0.477 e. The maximum atomic E-state index is 12.9. The highest BCUT2D eigenvalue weighted by Crippen LogP contribution is 2.38. The molecule has 3 heterocycles. The molecule has 29 heteroatoms. The number of carboxylic acids is 2. The van der Waals surface area contributed by atoms with Crippen molar-refractivity contribution in [2.75, 3.05) is 39.6 Å². The maximum Gasteiger partial charge on any atom is 0.364 e. The van der Waals surface area contributed by atoms with Crippen molar-refractivity contribution >= 4 is 29.7 Å². The predicted molar refractivity (Wildman–Crippen MR) is 209 cm³/mol. The smallest absolute Gasteiger partial charge is 0.364 e. The molecule has 0 radical (unpaired) electrons. The van der Waals surface area contributed by atoms with Crippen molar-refractivity contribution in [2.45, 2.75) is 162 Å². The van der Waals surface area contributed by atoms with Crippen molar-refractivity contribution in [1.29, 1.82) is 0 Å². The fourth-order valence-corrected chi connectivity index (χ4v) is 7.62. The Bertz CT molecular complexity index is 1620. The SMILES string of the molecule is CC(=O)NCC(OC(CCO)(OCC1O[C@H](C)C(NC(C)=O)[C@@H](O[C@@H]2OC(CO)C(O)[C@H](OC3(C(=O)O)CC(O)[C@@H](NC(C)=O)C([C@H](O)[C@H](O)CO)O3)C2O)C1O)C(=O)O)[C@H](O)C(O)CO. The van der Waals surface area contributed by atoms with Gasteiger partial charge >= 0.3 is 11.9 Å². The Morgan fingerprint density at radius 3 is 1.89 bits per heavy atom. The molecule has 0 aromatic rings. The first kappa shape index (κ1) is 56.9. The number of carboxylic acid groups (broad SMARTS) is 2. The zero-order chi connectivity index (χ0) is 50.0. The molecule has 0 aromatic carbocycles. The minimum atomic E-state index is -3.15. The van der Waals surface area contributed by atoms with E-state index in [1.807, 2.05) is 0 Å². The Balaban J connectivity index is 2.02. The summed E-state index contributed by atoms with van der Waals surface area (Å²) >= 11 is 0. The summed E-state index contributed by atoms with van der Waals surface area (Å²) in [6, 6.07) is -3.02. The molecule has 0 saturated carbocycles. The van der Waals surface area contributed by atoms with Crippen LogP contribution in [0.25, 0.3) is 0 Å². The number of hydrogen-bond acceptors (Lipinski definition) is 24. The van der Waals surface area contributed by atoms with E-state index >= 15 is 0 Å². The molecule has 0 aromatic heterocycles. The molecule has 3 saturated heterocycles. The summed E-state index contributed by atoms with van der Waals surface area (Å²) in [5.41, 5.74) is 0. The number of aliphatic hydroxyl groups is 12. The topological polar surface area (TPSA) is 469 Å². The Hall–Kier alpha value is -3.41. The van der Waals surface area contributed by atoms with Crippen molar-refractivity contribution in [2.24, 2.45) is 0 Å². The van der Waals surface area contributed by atoms with Crippen LogP contribution >= 0.6 is 0 Å². The van der Waals surface area contributed by atoms with Gasteiger partial charge in [0.1, 0.15) is 79.4 Å². The lowest BCUT2D eigenvalue weighted by atomic mass is 9.88. The number of aliphatic hydroxyl groups excluding tert-OH is 12. The second-order valence-electron chi connectivity index (χ2n) is 16.0. The molecular formula is C37H63N3O26. The zero-order valence-electron chi connectivity index (χ0n) is 36.2. The average Bonchev–Trinajstić information content (AvgIpc) is 3.25. The van der Waals surface area contributed by atoms with Gasteiger partial charge in [-0.15, -0.1) is 0 Å². The van der Waals surface area contributed by atoms with Crippen LogP contribution in [0.5, 0.6) is 0 Å². The molecule has 3 aliphatic heterocycles. The lowest BCUT2D eigenvalue weighted by Crippen LogP contribution is -2.71. The number of amides is 3. The first-order valence-electron chi connectivity index (χ1n) is 20.6. The van der Waals surface area contributed by atoms with E-state index in [-0.39, 0.29) is 0 Å². The normalized spacial score (nSPS) is 35.8. The van der Waals surface area contributed by atoms with Crippen LogP contribution in [0.1, 0.15) is 40.5 Å². The number of carbonyl (C=O) groups excluding carboxylic acids is 3.